The summed E-state index contributed by atoms with van der Waals surface area (Å²) in [6, 6.07) is 0. The molecule has 0 aliphatic rings. The van der Waals surface area contributed by atoms with Crippen molar-refractivity contribution in [3.05, 3.63) is 0 Å². The van der Waals surface area contributed by atoms with Gasteiger partial charge in [-0.1, -0.05) is 0 Å². The first kappa shape index (κ1) is 7.03. The van der Waals surface area contributed by atoms with Crippen molar-refractivity contribution in [3.8, 4) is 0 Å². The number of rotatable bonds is 3. The molecule has 0 heterocycles. The van der Waals surface area contributed by atoms with E-state index in [-0.39, 0.29) is 0 Å². The summed E-state index contributed by atoms with van der Waals surface area (Å²) in [5, 5.41) is 9.03. The SMILES string of the molecule is CCC[AsH]C(=O)O. The van der Waals surface area contributed by atoms with Crippen LogP contribution in [-0.4, -0.2) is 25.6 Å². The van der Waals surface area contributed by atoms with Crippen LogP contribution in [0, 0.1) is 0 Å². The summed E-state index contributed by atoms with van der Waals surface area (Å²) >= 11 is -0.632. The van der Waals surface area contributed by atoms with Crippen molar-refractivity contribution in [2.75, 3.05) is 0 Å². The van der Waals surface area contributed by atoms with Crippen molar-refractivity contribution >= 4 is 20.5 Å². The Morgan fingerprint density at radius 1 is 1.86 bits per heavy atom. The molecule has 0 fully saturated rings. The zero-order chi connectivity index (χ0) is 5.70. The molecule has 0 aromatic carbocycles. The van der Waals surface area contributed by atoms with Crippen LogP contribution in [0.2, 0.25) is 5.21 Å². The third kappa shape index (κ3) is 6.03. The predicted molar refractivity (Wildman–Crippen MR) is 30.3 cm³/mol. The van der Waals surface area contributed by atoms with Crippen molar-refractivity contribution in [2.24, 2.45) is 0 Å². The third-order valence-corrected chi connectivity index (χ3v) is 2.73. The first-order valence-electron chi connectivity index (χ1n) is 2.24. The molecule has 0 amide bonds. The standard InChI is InChI=1S/C4H9AsO2/c1-2-3-5-4(6)7/h5H,2-3H2,1H3,(H,6,7). The molecule has 1 atom stereocenters. The van der Waals surface area contributed by atoms with E-state index in [0.717, 1.165) is 11.6 Å². The van der Waals surface area contributed by atoms with Gasteiger partial charge in [-0.3, -0.25) is 0 Å². The molecule has 0 aliphatic carbocycles. The van der Waals surface area contributed by atoms with Gasteiger partial charge in [0.15, 0.2) is 0 Å². The van der Waals surface area contributed by atoms with E-state index < -0.39 is 20.5 Å². The Hall–Kier alpha value is 0.0284. The van der Waals surface area contributed by atoms with Crippen LogP contribution in [-0.2, 0) is 0 Å². The van der Waals surface area contributed by atoms with Gasteiger partial charge >= 0.3 is 49.0 Å². The van der Waals surface area contributed by atoms with Gasteiger partial charge in [-0.25, -0.2) is 0 Å². The fourth-order valence-electron chi connectivity index (χ4n) is 0.232. The molecule has 0 rings (SSSR count). The molecule has 0 spiro atoms. The molecule has 1 unspecified atom stereocenters. The fourth-order valence-corrected chi connectivity index (χ4v) is 1.21. The molecule has 0 aromatic rings. The normalized spacial score (nSPS) is 10.4. The van der Waals surface area contributed by atoms with Crippen molar-refractivity contribution in [1.29, 1.82) is 0 Å². The monoisotopic (exact) mass is 164 g/mol. The Kier molecular flexibility index (Phi) is 4.21. The quantitative estimate of drug-likeness (QED) is 0.630. The maximum absolute atomic E-state index is 9.81. The number of hydrogen-bond donors (Lipinski definition) is 1. The van der Waals surface area contributed by atoms with Gasteiger partial charge in [-0.15, -0.1) is 0 Å². The van der Waals surface area contributed by atoms with Gasteiger partial charge in [0.05, 0.1) is 0 Å². The van der Waals surface area contributed by atoms with Gasteiger partial charge in [0.1, 0.15) is 0 Å². The molecular formula is C4H9AsO2. The Balaban J connectivity index is 2.82. The first-order valence-corrected chi connectivity index (χ1v) is 4.77. The first-order chi connectivity index (χ1) is 3.27. The fraction of sp³-hybridized carbons (Fsp3) is 0.750. The Morgan fingerprint density at radius 3 is 2.57 bits per heavy atom. The van der Waals surface area contributed by atoms with Crippen LogP contribution in [0.5, 0.6) is 0 Å². The molecule has 42 valence electrons. The number of hydrogen-bond acceptors (Lipinski definition) is 1. The zero-order valence-electron chi connectivity index (χ0n) is 4.27. The van der Waals surface area contributed by atoms with Crippen LogP contribution in [0.1, 0.15) is 13.3 Å². The van der Waals surface area contributed by atoms with Crippen molar-refractivity contribution < 1.29 is 9.90 Å². The zero-order valence-corrected chi connectivity index (χ0v) is 6.37. The molecular weight excluding hydrogens is 155 g/mol. The van der Waals surface area contributed by atoms with Gasteiger partial charge in [-0.2, -0.15) is 0 Å². The van der Waals surface area contributed by atoms with Crippen LogP contribution in [0.3, 0.4) is 0 Å². The van der Waals surface area contributed by atoms with E-state index in [9.17, 15) is 4.79 Å². The predicted octanol–water partition coefficient (Wildman–Crippen LogP) is 0.929. The van der Waals surface area contributed by atoms with E-state index >= 15 is 0 Å². The van der Waals surface area contributed by atoms with E-state index in [4.69, 9.17) is 5.11 Å². The Bertz CT molecular complexity index is 62.7. The van der Waals surface area contributed by atoms with Crippen LogP contribution < -0.4 is 0 Å². The molecule has 0 aliphatic heterocycles. The van der Waals surface area contributed by atoms with Crippen LogP contribution >= 0.6 is 0 Å². The van der Waals surface area contributed by atoms with Gasteiger partial charge in [0.2, 0.25) is 0 Å². The Morgan fingerprint density at radius 2 is 2.43 bits per heavy atom. The van der Waals surface area contributed by atoms with E-state index in [1.54, 1.807) is 0 Å². The molecule has 0 saturated heterocycles. The summed E-state index contributed by atoms with van der Waals surface area (Å²) in [5.74, 6) is 0. The van der Waals surface area contributed by atoms with E-state index in [1.165, 1.54) is 0 Å². The molecule has 1 N–H and O–H groups in total. The second-order valence-electron chi connectivity index (χ2n) is 1.23. The molecule has 0 saturated carbocycles. The average Bonchev–Trinajstić information content (AvgIpc) is 1.61. The summed E-state index contributed by atoms with van der Waals surface area (Å²) in [7, 11) is 0. The maximum atomic E-state index is 9.81. The number of carbonyl (C=O) groups is 1. The minimum atomic E-state index is -0.632. The summed E-state index contributed by atoms with van der Waals surface area (Å²) in [6.45, 7) is 2.01. The second-order valence-corrected chi connectivity index (χ2v) is 3.92. The average molecular weight is 164 g/mol. The molecule has 0 aromatic heterocycles. The summed E-state index contributed by atoms with van der Waals surface area (Å²) < 4.78 is -0.568. The van der Waals surface area contributed by atoms with Crippen LogP contribution in [0.4, 0.5) is 4.79 Å². The van der Waals surface area contributed by atoms with E-state index in [0.29, 0.717) is 0 Å². The molecule has 0 bridgehead atoms. The van der Waals surface area contributed by atoms with Crippen molar-refractivity contribution in [2.45, 2.75) is 18.6 Å². The van der Waals surface area contributed by atoms with E-state index in [2.05, 4.69) is 0 Å². The number of carboxylic acid groups (broad SMARTS) is 1. The van der Waals surface area contributed by atoms with E-state index in [1.807, 2.05) is 6.92 Å². The molecule has 3 heteroatoms. The topological polar surface area (TPSA) is 37.3 Å². The second kappa shape index (κ2) is 4.19. The molecule has 7 heavy (non-hydrogen) atoms. The van der Waals surface area contributed by atoms with Crippen molar-refractivity contribution in [1.82, 2.24) is 0 Å². The van der Waals surface area contributed by atoms with Crippen molar-refractivity contribution in [3.63, 3.8) is 0 Å². The molecule has 0 radical (unpaired) electrons. The summed E-state index contributed by atoms with van der Waals surface area (Å²) in [4.78, 5) is 9.81. The molecule has 2 nitrogen and oxygen atoms in total. The van der Waals surface area contributed by atoms with Gasteiger partial charge in [0.25, 0.3) is 0 Å². The van der Waals surface area contributed by atoms with Crippen LogP contribution in [0.25, 0.3) is 0 Å². The Labute approximate surface area is 49.6 Å². The van der Waals surface area contributed by atoms with Crippen LogP contribution in [0.15, 0.2) is 0 Å². The summed E-state index contributed by atoms with van der Waals surface area (Å²) in [6.07, 6.45) is 1.02. The third-order valence-electron chi connectivity index (χ3n) is 0.526. The van der Waals surface area contributed by atoms with Gasteiger partial charge in [-0.05, 0) is 0 Å². The van der Waals surface area contributed by atoms with Gasteiger partial charge in [0, 0.05) is 0 Å². The summed E-state index contributed by atoms with van der Waals surface area (Å²) in [5.41, 5.74) is 0. The van der Waals surface area contributed by atoms with Gasteiger partial charge < -0.3 is 0 Å². The minimum absolute atomic E-state index is 0.568.